The first kappa shape index (κ1) is 16.9. The molecular formula is C17H15F3N2O3. The van der Waals surface area contributed by atoms with Gasteiger partial charge in [-0.1, -0.05) is 18.2 Å². The van der Waals surface area contributed by atoms with E-state index in [9.17, 15) is 23.1 Å². The predicted molar refractivity (Wildman–Crippen MR) is 84.6 cm³/mol. The van der Waals surface area contributed by atoms with Gasteiger partial charge in [0.15, 0.2) is 11.5 Å². The lowest BCUT2D eigenvalue weighted by Gasteiger charge is -2.38. The van der Waals surface area contributed by atoms with Crippen LogP contribution in [-0.2, 0) is 0 Å². The average Bonchev–Trinajstić information content (AvgIpc) is 2.56. The minimum absolute atomic E-state index is 0.167. The van der Waals surface area contributed by atoms with Gasteiger partial charge >= 0.3 is 6.18 Å². The van der Waals surface area contributed by atoms with Crippen molar-refractivity contribution in [3.63, 3.8) is 0 Å². The molecule has 25 heavy (non-hydrogen) atoms. The fourth-order valence-corrected chi connectivity index (χ4v) is 2.79. The molecule has 2 N–H and O–H groups in total. The molecule has 3 rings (SSSR count). The quantitative estimate of drug-likeness (QED) is 0.887. The van der Waals surface area contributed by atoms with Crippen molar-refractivity contribution in [1.29, 1.82) is 0 Å². The van der Waals surface area contributed by atoms with E-state index in [2.05, 4.69) is 5.32 Å². The Morgan fingerprint density at radius 3 is 2.60 bits per heavy atom. The summed E-state index contributed by atoms with van der Waals surface area (Å²) < 4.78 is 43.9. The summed E-state index contributed by atoms with van der Waals surface area (Å²) in [6.45, 7) is -1.41. The lowest BCUT2D eigenvalue weighted by molar-refractivity contribution is -0.144. The summed E-state index contributed by atoms with van der Waals surface area (Å²) in [5.41, 5.74) is 0.914. The second kappa shape index (κ2) is 6.19. The zero-order valence-corrected chi connectivity index (χ0v) is 13.2. The molecule has 5 nitrogen and oxygen atoms in total. The molecule has 0 aliphatic carbocycles. The molecule has 0 bridgehead atoms. The van der Waals surface area contributed by atoms with Gasteiger partial charge in [0.05, 0.1) is 12.7 Å². The van der Waals surface area contributed by atoms with E-state index >= 15 is 0 Å². The largest absolute Gasteiger partial charge is 0.504 e. The van der Waals surface area contributed by atoms with Crippen molar-refractivity contribution in [3.05, 3.63) is 53.6 Å². The summed E-state index contributed by atoms with van der Waals surface area (Å²) in [5.74, 6) is -0.763. The van der Waals surface area contributed by atoms with E-state index in [-0.39, 0.29) is 17.1 Å². The number of nitrogens with zero attached hydrogens (tertiary/aromatic N) is 1. The Labute approximate surface area is 141 Å². The highest BCUT2D eigenvalue weighted by Gasteiger charge is 2.40. The van der Waals surface area contributed by atoms with Crippen LogP contribution in [0.3, 0.4) is 0 Å². The van der Waals surface area contributed by atoms with Crippen LogP contribution in [0.4, 0.5) is 18.9 Å². The van der Waals surface area contributed by atoms with Crippen LogP contribution < -0.4 is 10.1 Å². The number of hydrogen-bond donors (Lipinski definition) is 2. The number of hydrogen-bond acceptors (Lipinski definition) is 4. The van der Waals surface area contributed by atoms with Gasteiger partial charge in [0.1, 0.15) is 12.7 Å². The third kappa shape index (κ3) is 3.33. The van der Waals surface area contributed by atoms with Crippen molar-refractivity contribution in [2.75, 3.05) is 19.0 Å². The van der Waals surface area contributed by atoms with E-state index in [1.165, 1.54) is 31.4 Å². The van der Waals surface area contributed by atoms with Gasteiger partial charge < -0.3 is 20.1 Å². The zero-order valence-electron chi connectivity index (χ0n) is 13.2. The maximum atomic E-state index is 13.0. The Balaban J connectivity index is 2.05. The summed E-state index contributed by atoms with van der Waals surface area (Å²) in [5, 5.41) is 12.9. The minimum atomic E-state index is -4.56. The zero-order chi connectivity index (χ0) is 18.2. The van der Waals surface area contributed by atoms with Crippen LogP contribution in [0.1, 0.15) is 22.1 Å². The molecule has 8 heteroatoms. The number of benzene rings is 2. The average molecular weight is 352 g/mol. The van der Waals surface area contributed by atoms with Crippen LogP contribution in [0.5, 0.6) is 11.5 Å². The molecule has 0 aromatic heterocycles. The van der Waals surface area contributed by atoms with Gasteiger partial charge in [-0.2, -0.15) is 13.2 Å². The van der Waals surface area contributed by atoms with Crippen molar-refractivity contribution in [2.24, 2.45) is 0 Å². The van der Waals surface area contributed by atoms with E-state index in [0.717, 1.165) is 0 Å². The summed E-state index contributed by atoms with van der Waals surface area (Å²) in [6, 6.07) is 10.6. The fourth-order valence-electron chi connectivity index (χ4n) is 2.79. The van der Waals surface area contributed by atoms with E-state index < -0.39 is 24.8 Å². The molecule has 1 heterocycles. The van der Waals surface area contributed by atoms with Gasteiger partial charge in [-0.3, -0.25) is 4.79 Å². The molecule has 1 amide bonds. The van der Waals surface area contributed by atoms with Gasteiger partial charge in [-0.15, -0.1) is 0 Å². The van der Waals surface area contributed by atoms with Crippen LogP contribution >= 0.6 is 0 Å². The minimum Gasteiger partial charge on any atom is -0.504 e. The SMILES string of the molecule is COc1ccc(C2Nc3ccccc3C(=O)N2CC(F)(F)F)cc1O. The maximum absolute atomic E-state index is 13.0. The number of carbonyl (C=O) groups is 1. The van der Waals surface area contributed by atoms with Gasteiger partial charge in [-0.25, -0.2) is 0 Å². The highest BCUT2D eigenvalue weighted by Crippen LogP contribution is 2.37. The van der Waals surface area contributed by atoms with E-state index in [0.29, 0.717) is 16.2 Å². The van der Waals surface area contributed by atoms with Crippen LogP contribution in [0.15, 0.2) is 42.5 Å². The predicted octanol–water partition coefficient (Wildman–Crippen LogP) is 3.53. The van der Waals surface area contributed by atoms with Crippen molar-refractivity contribution in [2.45, 2.75) is 12.3 Å². The number of amides is 1. The summed E-state index contributed by atoms with van der Waals surface area (Å²) in [6.07, 6.45) is -5.63. The molecule has 132 valence electrons. The number of anilines is 1. The molecule has 2 aromatic rings. The van der Waals surface area contributed by atoms with E-state index in [1.54, 1.807) is 18.2 Å². The number of ether oxygens (including phenoxy) is 1. The number of phenolic OH excluding ortho intramolecular Hbond substituents is 1. The van der Waals surface area contributed by atoms with Gasteiger partial charge in [0, 0.05) is 5.69 Å². The lowest BCUT2D eigenvalue weighted by Crippen LogP contribution is -2.47. The molecule has 0 saturated carbocycles. The smallest absolute Gasteiger partial charge is 0.406 e. The topological polar surface area (TPSA) is 61.8 Å². The van der Waals surface area contributed by atoms with Crippen LogP contribution in [0, 0.1) is 0 Å². The number of halogens is 3. The van der Waals surface area contributed by atoms with Gasteiger partial charge in [0.2, 0.25) is 0 Å². The number of carbonyl (C=O) groups excluding carboxylic acids is 1. The third-order valence-corrected chi connectivity index (χ3v) is 3.89. The van der Waals surface area contributed by atoms with E-state index in [1.807, 2.05) is 0 Å². The van der Waals surface area contributed by atoms with Crippen molar-refractivity contribution in [3.8, 4) is 11.5 Å². The first-order chi connectivity index (χ1) is 11.8. The monoisotopic (exact) mass is 352 g/mol. The molecule has 1 atom stereocenters. The Morgan fingerprint density at radius 2 is 1.96 bits per heavy atom. The third-order valence-electron chi connectivity index (χ3n) is 3.89. The van der Waals surface area contributed by atoms with Gasteiger partial charge in [0.25, 0.3) is 5.91 Å². The molecule has 1 aliphatic rings. The number of fused-ring (bicyclic) bond motifs is 1. The first-order valence-corrected chi connectivity index (χ1v) is 7.40. The van der Waals surface area contributed by atoms with Crippen molar-refractivity contribution in [1.82, 2.24) is 4.90 Å². The highest BCUT2D eigenvalue weighted by molar-refractivity contribution is 6.01. The molecule has 0 saturated heterocycles. The number of phenols is 1. The molecule has 2 aromatic carbocycles. The summed E-state index contributed by atoms with van der Waals surface area (Å²) in [7, 11) is 1.36. The van der Waals surface area contributed by atoms with Crippen molar-refractivity contribution < 1.29 is 27.8 Å². The standard InChI is InChI=1S/C17H15F3N2O3/c1-25-14-7-6-10(8-13(14)23)15-21-12-5-3-2-4-11(12)16(24)22(15)9-17(18,19)20/h2-8,15,21,23H,9H2,1H3. The summed E-state index contributed by atoms with van der Waals surface area (Å²) in [4.78, 5) is 13.3. The fraction of sp³-hybridized carbons (Fsp3) is 0.235. The highest BCUT2D eigenvalue weighted by atomic mass is 19.4. The van der Waals surface area contributed by atoms with Crippen LogP contribution in [-0.4, -0.2) is 35.7 Å². The summed E-state index contributed by atoms with van der Waals surface area (Å²) >= 11 is 0. The number of alkyl halides is 3. The maximum Gasteiger partial charge on any atom is 0.406 e. The molecule has 1 unspecified atom stereocenters. The Morgan fingerprint density at radius 1 is 1.24 bits per heavy atom. The lowest BCUT2D eigenvalue weighted by atomic mass is 10.0. The Kier molecular flexibility index (Phi) is 4.20. The van der Waals surface area contributed by atoms with Gasteiger partial charge in [-0.05, 0) is 29.8 Å². The first-order valence-electron chi connectivity index (χ1n) is 7.40. The normalized spacial score (nSPS) is 17.0. The Bertz CT molecular complexity index is 808. The number of para-hydroxylation sites is 1. The number of methoxy groups -OCH3 is 1. The van der Waals surface area contributed by atoms with Crippen LogP contribution in [0.2, 0.25) is 0 Å². The number of nitrogens with one attached hydrogen (secondary N) is 1. The molecule has 0 spiro atoms. The second-order valence-corrected chi connectivity index (χ2v) is 5.57. The number of aromatic hydroxyl groups is 1. The van der Waals surface area contributed by atoms with Crippen molar-refractivity contribution >= 4 is 11.6 Å². The second-order valence-electron chi connectivity index (χ2n) is 5.57. The Hall–Kier alpha value is -2.90. The van der Waals surface area contributed by atoms with E-state index in [4.69, 9.17) is 4.74 Å². The molecule has 1 aliphatic heterocycles. The molecular weight excluding hydrogens is 337 g/mol. The number of rotatable bonds is 3. The van der Waals surface area contributed by atoms with Crippen LogP contribution in [0.25, 0.3) is 0 Å². The molecule has 0 radical (unpaired) electrons. The molecule has 0 fully saturated rings.